The van der Waals surface area contributed by atoms with Crippen LogP contribution in [0.3, 0.4) is 0 Å². The third-order valence-corrected chi connectivity index (χ3v) is 4.47. The molecule has 29 heavy (non-hydrogen) atoms. The third-order valence-electron chi connectivity index (χ3n) is 4.47. The fourth-order valence-corrected chi connectivity index (χ4v) is 3.06. The van der Waals surface area contributed by atoms with Crippen molar-refractivity contribution in [2.45, 2.75) is 19.9 Å². The van der Waals surface area contributed by atoms with Gasteiger partial charge in [-0.25, -0.2) is 4.79 Å². The van der Waals surface area contributed by atoms with Crippen molar-refractivity contribution in [3.63, 3.8) is 0 Å². The van der Waals surface area contributed by atoms with Gasteiger partial charge in [-0.15, -0.1) is 0 Å². The SMILES string of the molecule is Cc1ccc(NC(=O)NC(=O)CNC(c2ccccc2)c2ccccn2)c(C)c1. The summed E-state index contributed by atoms with van der Waals surface area (Å²) in [5.74, 6) is -0.427. The Morgan fingerprint density at radius 1 is 0.966 bits per heavy atom. The fraction of sp³-hybridized carbons (Fsp3) is 0.174. The topological polar surface area (TPSA) is 83.1 Å². The van der Waals surface area contributed by atoms with Crippen LogP contribution >= 0.6 is 0 Å². The minimum Gasteiger partial charge on any atom is -0.307 e. The second-order valence-electron chi connectivity index (χ2n) is 6.80. The summed E-state index contributed by atoms with van der Waals surface area (Å²) in [6, 6.07) is 20.3. The number of hydrogen-bond acceptors (Lipinski definition) is 4. The van der Waals surface area contributed by atoms with Crippen LogP contribution in [0.1, 0.15) is 28.4 Å². The standard InChI is InChI=1S/C23H24N4O2/c1-16-11-12-19(17(2)14-16)26-23(29)27-21(28)15-25-22(18-8-4-3-5-9-18)20-10-6-7-13-24-20/h3-14,22,25H,15H2,1-2H3,(H2,26,27,28,29). The number of amides is 3. The number of pyridine rings is 1. The van der Waals surface area contributed by atoms with E-state index in [0.29, 0.717) is 5.69 Å². The predicted octanol–water partition coefficient (Wildman–Crippen LogP) is 3.73. The number of carbonyl (C=O) groups excluding carboxylic acids is 2. The van der Waals surface area contributed by atoms with Gasteiger partial charge >= 0.3 is 6.03 Å². The first kappa shape index (κ1) is 20.2. The molecule has 0 aliphatic heterocycles. The van der Waals surface area contributed by atoms with Gasteiger partial charge in [-0.2, -0.15) is 0 Å². The lowest BCUT2D eigenvalue weighted by Crippen LogP contribution is -2.41. The minimum atomic E-state index is -0.558. The summed E-state index contributed by atoms with van der Waals surface area (Å²) in [5.41, 5.74) is 4.50. The largest absolute Gasteiger partial charge is 0.325 e. The molecule has 3 aromatic rings. The molecule has 6 heteroatoms. The van der Waals surface area contributed by atoms with E-state index in [1.54, 1.807) is 6.20 Å². The highest BCUT2D eigenvalue weighted by Crippen LogP contribution is 2.19. The Hall–Kier alpha value is -3.51. The van der Waals surface area contributed by atoms with Gasteiger partial charge in [-0.1, -0.05) is 54.1 Å². The van der Waals surface area contributed by atoms with Crippen LogP contribution in [0.15, 0.2) is 72.9 Å². The lowest BCUT2D eigenvalue weighted by molar-refractivity contribution is -0.119. The first-order chi connectivity index (χ1) is 14.0. The van der Waals surface area contributed by atoms with Crippen molar-refractivity contribution in [1.29, 1.82) is 0 Å². The second-order valence-corrected chi connectivity index (χ2v) is 6.80. The molecule has 0 fully saturated rings. The Morgan fingerprint density at radius 2 is 1.72 bits per heavy atom. The highest BCUT2D eigenvalue weighted by atomic mass is 16.2. The number of nitrogens with one attached hydrogen (secondary N) is 3. The number of rotatable bonds is 6. The maximum atomic E-state index is 12.3. The molecule has 1 atom stereocenters. The summed E-state index contributed by atoms with van der Waals surface area (Å²) in [4.78, 5) is 28.8. The highest BCUT2D eigenvalue weighted by Gasteiger charge is 2.17. The van der Waals surface area contributed by atoms with Crippen molar-refractivity contribution in [2.24, 2.45) is 0 Å². The van der Waals surface area contributed by atoms with Crippen LogP contribution in [0.25, 0.3) is 0 Å². The van der Waals surface area contributed by atoms with Gasteiger partial charge in [-0.3, -0.25) is 20.4 Å². The Kier molecular flexibility index (Phi) is 6.71. The van der Waals surface area contributed by atoms with Crippen LogP contribution in [0.4, 0.5) is 10.5 Å². The molecule has 0 aliphatic carbocycles. The van der Waals surface area contributed by atoms with E-state index >= 15 is 0 Å². The van der Waals surface area contributed by atoms with Crippen LogP contribution in [0.5, 0.6) is 0 Å². The van der Waals surface area contributed by atoms with Gasteiger partial charge in [0.2, 0.25) is 5.91 Å². The monoisotopic (exact) mass is 388 g/mol. The molecule has 1 aromatic heterocycles. The summed E-state index contributed by atoms with van der Waals surface area (Å²) in [6.07, 6.45) is 1.71. The van der Waals surface area contributed by atoms with E-state index in [1.807, 2.05) is 80.6 Å². The molecule has 0 spiro atoms. The van der Waals surface area contributed by atoms with Gasteiger partial charge in [0.05, 0.1) is 18.3 Å². The molecule has 0 radical (unpaired) electrons. The van der Waals surface area contributed by atoms with Gasteiger partial charge in [0.25, 0.3) is 0 Å². The number of hydrogen-bond donors (Lipinski definition) is 3. The number of nitrogens with zero attached hydrogens (tertiary/aromatic N) is 1. The lowest BCUT2D eigenvalue weighted by atomic mass is 10.0. The maximum absolute atomic E-state index is 12.3. The quantitative estimate of drug-likeness (QED) is 0.601. The summed E-state index contributed by atoms with van der Waals surface area (Å²) >= 11 is 0. The maximum Gasteiger partial charge on any atom is 0.325 e. The van der Waals surface area contributed by atoms with Crippen LogP contribution in [0.2, 0.25) is 0 Å². The Balaban J connectivity index is 1.61. The van der Waals surface area contributed by atoms with Crippen LogP contribution in [-0.2, 0) is 4.79 Å². The molecule has 1 unspecified atom stereocenters. The molecular weight excluding hydrogens is 364 g/mol. The number of aryl methyl sites for hydroxylation is 2. The van der Waals surface area contributed by atoms with E-state index in [2.05, 4.69) is 20.9 Å². The van der Waals surface area contributed by atoms with Crippen LogP contribution < -0.4 is 16.0 Å². The van der Waals surface area contributed by atoms with Crippen LogP contribution in [-0.4, -0.2) is 23.5 Å². The second kappa shape index (κ2) is 9.61. The summed E-state index contributed by atoms with van der Waals surface area (Å²) in [6.45, 7) is 3.86. The Bertz CT molecular complexity index is 935. The van der Waals surface area contributed by atoms with Gasteiger partial charge in [0, 0.05) is 11.9 Å². The average Bonchev–Trinajstić information content (AvgIpc) is 2.72. The molecule has 0 aliphatic rings. The molecule has 2 aromatic carbocycles. The number of anilines is 1. The smallest absolute Gasteiger partial charge is 0.307 e. The molecule has 0 bridgehead atoms. The van der Waals surface area contributed by atoms with E-state index in [-0.39, 0.29) is 12.6 Å². The average molecular weight is 388 g/mol. The molecule has 3 N–H and O–H groups in total. The molecule has 0 saturated heterocycles. The zero-order valence-corrected chi connectivity index (χ0v) is 16.5. The van der Waals surface area contributed by atoms with Crippen molar-refractivity contribution in [3.8, 4) is 0 Å². The molecule has 1 heterocycles. The summed E-state index contributed by atoms with van der Waals surface area (Å²) in [5, 5.41) is 8.25. The number of carbonyl (C=O) groups is 2. The molecule has 3 rings (SSSR count). The fourth-order valence-electron chi connectivity index (χ4n) is 3.06. The van der Waals surface area contributed by atoms with E-state index in [9.17, 15) is 9.59 Å². The summed E-state index contributed by atoms with van der Waals surface area (Å²) < 4.78 is 0. The minimum absolute atomic E-state index is 0.0313. The van der Waals surface area contributed by atoms with Crippen molar-refractivity contribution in [2.75, 3.05) is 11.9 Å². The van der Waals surface area contributed by atoms with E-state index < -0.39 is 11.9 Å². The zero-order valence-electron chi connectivity index (χ0n) is 16.5. The third kappa shape index (κ3) is 5.73. The van der Waals surface area contributed by atoms with Crippen molar-refractivity contribution in [1.82, 2.24) is 15.6 Å². The van der Waals surface area contributed by atoms with Crippen molar-refractivity contribution >= 4 is 17.6 Å². The number of imide groups is 1. The first-order valence-corrected chi connectivity index (χ1v) is 9.40. The zero-order chi connectivity index (χ0) is 20.6. The first-order valence-electron chi connectivity index (χ1n) is 9.40. The van der Waals surface area contributed by atoms with E-state index in [4.69, 9.17) is 0 Å². The Morgan fingerprint density at radius 3 is 2.41 bits per heavy atom. The number of aromatic nitrogens is 1. The highest BCUT2D eigenvalue weighted by molar-refractivity contribution is 6.02. The molecular formula is C23H24N4O2. The van der Waals surface area contributed by atoms with Gasteiger partial charge in [0.1, 0.15) is 0 Å². The van der Waals surface area contributed by atoms with Gasteiger partial charge in [-0.05, 0) is 43.2 Å². The van der Waals surface area contributed by atoms with E-state index in [0.717, 1.165) is 22.4 Å². The molecule has 6 nitrogen and oxygen atoms in total. The van der Waals surface area contributed by atoms with Crippen molar-refractivity contribution in [3.05, 3.63) is 95.3 Å². The van der Waals surface area contributed by atoms with Gasteiger partial charge < -0.3 is 5.32 Å². The summed E-state index contributed by atoms with van der Waals surface area (Å²) in [7, 11) is 0. The molecule has 3 amide bonds. The van der Waals surface area contributed by atoms with Gasteiger partial charge in [0.15, 0.2) is 0 Å². The molecule has 148 valence electrons. The van der Waals surface area contributed by atoms with Crippen molar-refractivity contribution < 1.29 is 9.59 Å². The number of benzene rings is 2. The predicted molar refractivity (Wildman–Crippen MR) is 114 cm³/mol. The Labute approximate surface area is 170 Å². The normalized spacial score (nSPS) is 11.5. The molecule has 0 saturated carbocycles. The van der Waals surface area contributed by atoms with Crippen LogP contribution in [0, 0.1) is 13.8 Å². The van der Waals surface area contributed by atoms with E-state index in [1.165, 1.54) is 0 Å². The number of urea groups is 1. The lowest BCUT2D eigenvalue weighted by Gasteiger charge is -2.18.